The van der Waals surface area contributed by atoms with E-state index in [4.69, 9.17) is 0 Å². The smallest absolute Gasteiger partial charge is 0.250 e. The molecule has 3 rings (SSSR count). The normalized spacial score (nSPS) is 16.4. The van der Waals surface area contributed by atoms with Gasteiger partial charge in [-0.15, -0.1) is 46.7 Å². The highest BCUT2D eigenvalue weighted by atomic mass is 127. The molecule has 1 unspecified atom stereocenters. The van der Waals surface area contributed by atoms with E-state index >= 15 is 0 Å². The lowest BCUT2D eigenvalue weighted by Crippen LogP contribution is -2.44. The molecule has 2 aromatic rings. The Morgan fingerprint density at radius 2 is 1.86 bits per heavy atom. The number of nitrogens with zero attached hydrogens (tertiary/aromatic N) is 2. The lowest BCUT2D eigenvalue weighted by Gasteiger charge is -2.27. The van der Waals surface area contributed by atoms with Crippen LogP contribution in [0.25, 0.3) is 0 Å². The lowest BCUT2D eigenvalue weighted by atomic mass is 10.2. The Morgan fingerprint density at radius 3 is 2.48 bits per heavy atom. The summed E-state index contributed by atoms with van der Waals surface area (Å²) in [6.45, 7) is 3.77. The van der Waals surface area contributed by atoms with Crippen LogP contribution in [0.2, 0.25) is 0 Å². The molecule has 0 aliphatic carbocycles. The molecule has 1 aliphatic rings. The second kappa shape index (κ2) is 12.2. The topological polar surface area (TPSA) is 85.8 Å². The van der Waals surface area contributed by atoms with Crippen LogP contribution in [-0.2, 0) is 10.0 Å². The third-order valence-electron chi connectivity index (χ3n) is 4.61. The highest BCUT2D eigenvalue weighted by Gasteiger charge is 2.24. The molecular formula is C18H28IN5O2S3. The largest absolute Gasteiger partial charge is 0.355 e. The van der Waals surface area contributed by atoms with E-state index in [0.717, 1.165) is 19.6 Å². The standard InChI is InChI=1S/C18H27N5O2S3.HI/c1-19-18(20-8-9-22-28(24,25)17-7-5-13-27-17)21-14-15(16-6-4-12-26-16)23-10-2-3-11-23;/h4-7,12-13,15,22H,2-3,8-11,14H2,1H3,(H2,19,20,21);1H. The minimum Gasteiger partial charge on any atom is -0.355 e. The van der Waals surface area contributed by atoms with Gasteiger partial charge < -0.3 is 10.6 Å². The van der Waals surface area contributed by atoms with Crippen molar-refractivity contribution in [3.63, 3.8) is 0 Å². The highest BCUT2D eigenvalue weighted by Crippen LogP contribution is 2.27. The minimum absolute atomic E-state index is 0. The molecule has 0 radical (unpaired) electrons. The molecule has 1 saturated heterocycles. The monoisotopic (exact) mass is 569 g/mol. The maximum absolute atomic E-state index is 12.1. The first-order valence-corrected chi connectivity index (χ1v) is 12.6. The van der Waals surface area contributed by atoms with Crippen molar-refractivity contribution in [3.8, 4) is 0 Å². The van der Waals surface area contributed by atoms with Gasteiger partial charge in [-0.1, -0.05) is 12.1 Å². The van der Waals surface area contributed by atoms with Crippen LogP contribution in [0.15, 0.2) is 44.2 Å². The summed E-state index contributed by atoms with van der Waals surface area (Å²) in [4.78, 5) is 8.13. The average Bonchev–Trinajstić information content (AvgIpc) is 3.46. The van der Waals surface area contributed by atoms with Gasteiger partial charge in [-0.2, -0.15) is 0 Å². The number of aliphatic imine (C=N–C) groups is 1. The Morgan fingerprint density at radius 1 is 1.14 bits per heavy atom. The van der Waals surface area contributed by atoms with E-state index in [1.807, 2.05) is 0 Å². The maximum Gasteiger partial charge on any atom is 0.250 e. The third-order valence-corrected chi connectivity index (χ3v) is 8.44. The fraction of sp³-hybridized carbons (Fsp3) is 0.500. The molecular weight excluding hydrogens is 541 g/mol. The van der Waals surface area contributed by atoms with Crippen molar-refractivity contribution in [2.24, 2.45) is 4.99 Å². The van der Waals surface area contributed by atoms with Gasteiger partial charge in [0.15, 0.2) is 5.96 Å². The fourth-order valence-corrected chi connectivity index (χ4v) is 6.14. The van der Waals surface area contributed by atoms with Crippen LogP contribution in [-0.4, -0.2) is 59.0 Å². The molecule has 3 heterocycles. The number of likely N-dealkylation sites (tertiary alicyclic amines) is 1. The zero-order chi connectivity index (χ0) is 19.8. The predicted molar refractivity (Wildman–Crippen MR) is 132 cm³/mol. The second-order valence-electron chi connectivity index (χ2n) is 6.48. The van der Waals surface area contributed by atoms with Crippen LogP contribution >= 0.6 is 46.7 Å². The van der Waals surface area contributed by atoms with Gasteiger partial charge in [0.25, 0.3) is 0 Å². The fourth-order valence-electron chi connectivity index (χ4n) is 3.21. The molecule has 0 spiro atoms. The summed E-state index contributed by atoms with van der Waals surface area (Å²) >= 11 is 2.99. The van der Waals surface area contributed by atoms with Crippen molar-refractivity contribution in [3.05, 3.63) is 39.9 Å². The zero-order valence-corrected chi connectivity index (χ0v) is 21.1. The lowest BCUT2D eigenvalue weighted by molar-refractivity contribution is 0.249. The Hall–Kier alpha value is -0.730. The first kappa shape index (κ1) is 24.5. The summed E-state index contributed by atoms with van der Waals surface area (Å²) < 4.78 is 27.2. The summed E-state index contributed by atoms with van der Waals surface area (Å²) in [5.41, 5.74) is 0. The van der Waals surface area contributed by atoms with E-state index in [1.54, 1.807) is 35.9 Å². The second-order valence-corrected chi connectivity index (χ2v) is 10.4. The number of hydrogen-bond donors (Lipinski definition) is 3. The van der Waals surface area contributed by atoms with Crippen LogP contribution in [0.1, 0.15) is 23.8 Å². The average molecular weight is 570 g/mol. The van der Waals surface area contributed by atoms with Crippen molar-refractivity contribution >= 4 is 62.6 Å². The Bertz CT molecular complexity index is 835. The van der Waals surface area contributed by atoms with Gasteiger partial charge in [0.05, 0.1) is 6.04 Å². The van der Waals surface area contributed by atoms with Crippen molar-refractivity contribution in [2.45, 2.75) is 23.1 Å². The number of sulfonamides is 1. The molecule has 1 aliphatic heterocycles. The Labute approximate surface area is 198 Å². The first-order valence-electron chi connectivity index (χ1n) is 9.35. The summed E-state index contributed by atoms with van der Waals surface area (Å²) in [5, 5.41) is 10.4. The van der Waals surface area contributed by atoms with Gasteiger partial charge in [0.2, 0.25) is 10.0 Å². The molecule has 7 nitrogen and oxygen atoms in total. The van der Waals surface area contributed by atoms with Gasteiger partial charge in [0.1, 0.15) is 4.21 Å². The van der Waals surface area contributed by atoms with E-state index in [1.165, 1.54) is 29.1 Å². The molecule has 162 valence electrons. The van der Waals surface area contributed by atoms with Crippen LogP contribution in [0.3, 0.4) is 0 Å². The number of guanidine groups is 1. The SMILES string of the molecule is CN=C(NCCNS(=O)(=O)c1cccs1)NCC(c1cccs1)N1CCCC1.I. The van der Waals surface area contributed by atoms with Gasteiger partial charge in [-0.25, -0.2) is 13.1 Å². The van der Waals surface area contributed by atoms with Crippen LogP contribution in [0.4, 0.5) is 0 Å². The summed E-state index contributed by atoms with van der Waals surface area (Å²) in [7, 11) is -1.70. The number of halogens is 1. The molecule has 0 bridgehead atoms. The molecule has 1 atom stereocenters. The quantitative estimate of drug-likeness (QED) is 0.187. The molecule has 2 aromatic heterocycles. The third kappa shape index (κ3) is 7.17. The first-order chi connectivity index (χ1) is 13.6. The summed E-state index contributed by atoms with van der Waals surface area (Å²) in [6.07, 6.45) is 2.50. The van der Waals surface area contributed by atoms with Crippen LogP contribution < -0.4 is 15.4 Å². The minimum atomic E-state index is -3.43. The van der Waals surface area contributed by atoms with Crippen molar-refractivity contribution < 1.29 is 8.42 Å². The van der Waals surface area contributed by atoms with Crippen molar-refractivity contribution in [1.29, 1.82) is 0 Å². The zero-order valence-electron chi connectivity index (χ0n) is 16.3. The van der Waals surface area contributed by atoms with E-state index in [9.17, 15) is 8.42 Å². The molecule has 29 heavy (non-hydrogen) atoms. The number of thiophene rings is 2. The molecule has 0 amide bonds. The number of rotatable bonds is 9. The molecule has 0 aromatic carbocycles. The van der Waals surface area contributed by atoms with Crippen LogP contribution in [0, 0.1) is 0 Å². The van der Waals surface area contributed by atoms with E-state index < -0.39 is 10.0 Å². The van der Waals surface area contributed by atoms with E-state index in [0.29, 0.717) is 29.3 Å². The van der Waals surface area contributed by atoms with Crippen molar-refractivity contribution in [1.82, 2.24) is 20.3 Å². The predicted octanol–water partition coefficient (Wildman–Crippen LogP) is 2.71. The number of nitrogens with one attached hydrogen (secondary N) is 3. The van der Waals surface area contributed by atoms with Gasteiger partial charge in [-0.3, -0.25) is 9.89 Å². The van der Waals surface area contributed by atoms with E-state index in [-0.39, 0.29) is 24.0 Å². The van der Waals surface area contributed by atoms with Gasteiger partial charge >= 0.3 is 0 Å². The summed E-state index contributed by atoms with van der Waals surface area (Å²) in [5.74, 6) is 0.677. The van der Waals surface area contributed by atoms with Gasteiger partial charge in [0, 0.05) is 31.6 Å². The molecule has 11 heteroatoms. The number of hydrogen-bond acceptors (Lipinski definition) is 6. The highest BCUT2D eigenvalue weighted by molar-refractivity contribution is 14.0. The van der Waals surface area contributed by atoms with E-state index in [2.05, 4.69) is 42.8 Å². The van der Waals surface area contributed by atoms with Crippen LogP contribution in [0.5, 0.6) is 0 Å². The molecule has 1 fully saturated rings. The van der Waals surface area contributed by atoms with Crippen molar-refractivity contribution in [2.75, 3.05) is 39.8 Å². The Balaban J connectivity index is 0.00000300. The summed E-state index contributed by atoms with van der Waals surface area (Å²) in [6, 6.07) is 7.94. The van der Waals surface area contributed by atoms with Gasteiger partial charge in [-0.05, 0) is 48.8 Å². The Kier molecular flexibility index (Phi) is 10.3. The molecule has 0 saturated carbocycles. The molecule has 3 N–H and O–H groups in total. The maximum atomic E-state index is 12.1.